The molecule has 15 heavy (non-hydrogen) atoms. The topological polar surface area (TPSA) is 20.2 Å². The molecule has 0 aliphatic carbocycles. The van der Waals surface area contributed by atoms with Gasteiger partial charge in [0.25, 0.3) is 0 Å². The second-order valence-electron chi connectivity index (χ2n) is 3.27. The van der Waals surface area contributed by atoms with Crippen LogP contribution in [-0.2, 0) is 0 Å². The lowest BCUT2D eigenvalue weighted by Crippen LogP contribution is -1.86. The van der Waals surface area contributed by atoms with Gasteiger partial charge in [-0.15, -0.1) is 0 Å². The van der Waals surface area contributed by atoms with Crippen molar-refractivity contribution in [2.24, 2.45) is 0 Å². The van der Waals surface area contributed by atoms with Gasteiger partial charge >= 0.3 is 0 Å². The van der Waals surface area contributed by atoms with E-state index in [1.165, 1.54) is 0 Å². The van der Waals surface area contributed by atoms with Gasteiger partial charge in [-0.05, 0) is 11.1 Å². The number of aliphatic hydroxyl groups excluding tert-OH is 1. The van der Waals surface area contributed by atoms with Crippen LogP contribution in [0.15, 0.2) is 66.9 Å². The lowest BCUT2D eigenvalue weighted by molar-refractivity contribution is 0.476. The molecule has 2 rings (SSSR count). The van der Waals surface area contributed by atoms with Crippen molar-refractivity contribution >= 4 is 5.57 Å². The van der Waals surface area contributed by atoms with Crippen molar-refractivity contribution in [1.82, 2.24) is 0 Å². The monoisotopic (exact) mass is 196 g/mol. The zero-order chi connectivity index (χ0) is 10.5. The minimum atomic E-state index is 0.844. The molecule has 1 N–H and O–H groups in total. The van der Waals surface area contributed by atoms with Gasteiger partial charge in [0.05, 0.1) is 6.26 Å². The maximum Gasteiger partial charge on any atom is 0.0876 e. The molecular formula is C14H12O. The summed E-state index contributed by atoms with van der Waals surface area (Å²) in [5, 5.41) is 9.27. The first-order valence-electron chi connectivity index (χ1n) is 4.87. The standard InChI is InChI=1S/C14H12O/c15-11-14(12-7-3-1-4-8-12)13-9-5-2-6-10-13/h1-11,15H. The van der Waals surface area contributed by atoms with E-state index in [4.69, 9.17) is 0 Å². The maximum atomic E-state index is 9.27. The molecule has 0 bridgehead atoms. The van der Waals surface area contributed by atoms with Gasteiger partial charge in [0.15, 0.2) is 0 Å². The molecule has 0 aliphatic heterocycles. The molecule has 0 aromatic heterocycles. The second-order valence-corrected chi connectivity index (χ2v) is 3.27. The van der Waals surface area contributed by atoms with Crippen molar-refractivity contribution in [3.8, 4) is 0 Å². The lowest BCUT2D eigenvalue weighted by Gasteiger charge is -2.05. The van der Waals surface area contributed by atoms with E-state index < -0.39 is 0 Å². The normalized spacial score (nSPS) is 9.60. The van der Waals surface area contributed by atoms with Crippen molar-refractivity contribution in [2.45, 2.75) is 0 Å². The van der Waals surface area contributed by atoms with Crippen LogP contribution in [0.2, 0.25) is 0 Å². The lowest BCUT2D eigenvalue weighted by atomic mass is 9.99. The molecule has 1 nitrogen and oxygen atoms in total. The molecule has 74 valence electrons. The summed E-state index contributed by atoms with van der Waals surface area (Å²) in [5.41, 5.74) is 2.88. The van der Waals surface area contributed by atoms with Crippen molar-refractivity contribution in [2.75, 3.05) is 0 Å². The van der Waals surface area contributed by atoms with Gasteiger partial charge in [-0.1, -0.05) is 60.7 Å². The van der Waals surface area contributed by atoms with Crippen molar-refractivity contribution in [3.05, 3.63) is 78.1 Å². The van der Waals surface area contributed by atoms with Gasteiger partial charge in [0.2, 0.25) is 0 Å². The van der Waals surface area contributed by atoms with Gasteiger partial charge in [-0.2, -0.15) is 0 Å². The first-order valence-corrected chi connectivity index (χ1v) is 4.87. The molecule has 0 atom stereocenters. The van der Waals surface area contributed by atoms with E-state index in [1.807, 2.05) is 60.7 Å². The Morgan fingerprint density at radius 2 is 1.13 bits per heavy atom. The van der Waals surface area contributed by atoms with Gasteiger partial charge in [0, 0.05) is 5.57 Å². The van der Waals surface area contributed by atoms with Crippen LogP contribution in [0.25, 0.3) is 5.57 Å². The van der Waals surface area contributed by atoms with Crippen LogP contribution in [0, 0.1) is 0 Å². The fourth-order valence-corrected chi connectivity index (χ4v) is 1.55. The summed E-state index contributed by atoms with van der Waals surface area (Å²) in [6, 6.07) is 19.7. The molecular weight excluding hydrogens is 184 g/mol. The SMILES string of the molecule is OC=C(c1ccccc1)c1ccccc1. The fourth-order valence-electron chi connectivity index (χ4n) is 1.55. The molecule has 1 heteroatoms. The molecule has 0 aliphatic rings. The maximum absolute atomic E-state index is 9.27. The Hall–Kier alpha value is -2.02. The smallest absolute Gasteiger partial charge is 0.0876 e. The number of rotatable bonds is 2. The Labute approximate surface area is 89.3 Å². The second kappa shape index (κ2) is 4.47. The average Bonchev–Trinajstić information content (AvgIpc) is 2.33. The van der Waals surface area contributed by atoms with Crippen LogP contribution in [-0.4, -0.2) is 5.11 Å². The van der Waals surface area contributed by atoms with Gasteiger partial charge in [-0.25, -0.2) is 0 Å². The third-order valence-corrected chi connectivity index (χ3v) is 2.30. The number of benzene rings is 2. The van der Waals surface area contributed by atoms with Crippen LogP contribution in [0.1, 0.15) is 11.1 Å². The Bertz CT molecular complexity index is 402. The molecule has 0 unspecified atom stereocenters. The first kappa shape index (κ1) is 9.53. The van der Waals surface area contributed by atoms with E-state index in [0.29, 0.717) is 0 Å². The highest BCUT2D eigenvalue weighted by Gasteiger charge is 2.02. The molecule has 0 amide bonds. The summed E-state index contributed by atoms with van der Waals surface area (Å²) in [5.74, 6) is 0. The third-order valence-electron chi connectivity index (χ3n) is 2.30. The molecule has 0 heterocycles. The number of hydrogen-bond donors (Lipinski definition) is 1. The fraction of sp³-hybridized carbons (Fsp3) is 0. The predicted octanol–water partition coefficient (Wildman–Crippen LogP) is 3.63. The molecule has 0 saturated carbocycles. The van der Waals surface area contributed by atoms with Crippen LogP contribution in [0.5, 0.6) is 0 Å². The van der Waals surface area contributed by atoms with Crippen LogP contribution >= 0.6 is 0 Å². The van der Waals surface area contributed by atoms with E-state index >= 15 is 0 Å². The number of hydrogen-bond acceptors (Lipinski definition) is 1. The van der Waals surface area contributed by atoms with E-state index in [-0.39, 0.29) is 0 Å². The number of aliphatic hydroxyl groups is 1. The summed E-state index contributed by atoms with van der Waals surface area (Å²) < 4.78 is 0. The quantitative estimate of drug-likeness (QED) is 0.727. The minimum Gasteiger partial charge on any atom is -0.515 e. The van der Waals surface area contributed by atoms with E-state index in [9.17, 15) is 5.11 Å². The predicted molar refractivity (Wildman–Crippen MR) is 62.6 cm³/mol. The molecule has 0 saturated heterocycles. The third kappa shape index (κ3) is 2.08. The van der Waals surface area contributed by atoms with Crippen LogP contribution in [0.4, 0.5) is 0 Å². The van der Waals surface area contributed by atoms with Crippen molar-refractivity contribution in [3.63, 3.8) is 0 Å². The molecule has 0 spiro atoms. The highest BCUT2D eigenvalue weighted by atomic mass is 16.2. The highest BCUT2D eigenvalue weighted by Crippen LogP contribution is 2.21. The summed E-state index contributed by atoms with van der Waals surface area (Å²) in [7, 11) is 0. The summed E-state index contributed by atoms with van der Waals surface area (Å²) >= 11 is 0. The van der Waals surface area contributed by atoms with Crippen LogP contribution in [0.3, 0.4) is 0 Å². The molecule has 0 fully saturated rings. The minimum absolute atomic E-state index is 0.844. The van der Waals surface area contributed by atoms with E-state index in [2.05, 4.69) is 0 Å². The van der Waals surface area contributed by atoms with E-state index in [0.717, 1.165) is 23.0 Å². The molecule has 2 aromatic rings. The van der Waals surface area contributed by atoms with Gasteiger partial charge in [0.1, 0.15) is 0 Å². The summed E-state index contributed by atoms with van der Waals surface area (Å²) in [4.78, 5) is 0. The van der Waals surface area contributed by atoms with Crippen molar-refractivity contribution < 1.29 is 5.11 Å². The first-order chi connectivity index (χ1) is 7.42. The summed E-state index contributed by atoms with van der Waals surface area (Å²) in [6.45, 7) is 0. The Morgan fingerprint density at radius 1 is 0.733 bits per heavy atom. The zero-order valence-electron chi connectivity index (χ0n) is 8.30. The highest BCUT2D eigenvalue weighted by molar-refractivity contribution is 5.78. The molecule has 2 aromatic carbocycles. The average molecular weight is 196 g/mol. The van der Waals surface area contributed by atoms with Gasteiger partial charge < -0.3 is 5.11 Å². The Morgan fingerprint density at radius 3 is 1.47 bits per heavy atom. The van der Waals surface area contributed by atoms with Crippen LogP contribution < -0.4 is 0 Å². The summed E-state index contributed by atoms with van der Waals surface area (Å²) in [6.07, 6.45) is 1.16. The van der Waals surface area contributed by atoms with Crippen molar-refractivity contribution in [1.29, 1.82) is 0 Å². The van der Waals surface area contributed by atoms with Gasteiger partial charge in [-0.3, -0.25) is 0 Å². The zero-order valence-corrected chi connectivity index (χ0v) is 8.30. The molecule has 0 radical (unpaired) electrons. The van der Waals surface area contributed by atoms with E-state index in [1.54, 1.807) is 0 Å². The Balaban J connectivity index is 2.44. The largest absolute Gasteiger partial charge is 0.515 e. The Kier molecular flexibility index (Phi) is 2.84.